The molecule has 6 aromatic rings. The highest BCUT2D eigenvalue weighted by Crippen LogP contribution is 2.34. The van der Waals surface area contributed by atoms with Crippen LogP contribution in [-0.4, -0.2) is 51.6 Å². The number of rotatable bonds is 10. The van der Waals surface area contributed by atoms with Crippen molar-refractivity contribution in [2.45, 2.75) is 36.9 Å². The van der Waals surface area contributed by atoms with E-state index >= 15 is 0 Å². The van der Waals surface area contributed by atoms with E-state index in [0.29, 0.717) is 0 Å². The second-order valence-electron chi connectivity index (χ2n) is 14.0. The molecule has 0 spiro atoms. The summed E-state index contributed by atoms with van der Waals surface area (Å²) in [6, 6.07) is 51.3. The Bertz CT molecular complexity index is 1900. The fourth-order valence-electron chi connectivity index (χ4n) is 7.76. The minimum atomic E-state index is -0.207. The van der Waals surface area contributed by atoms with Crippen LogP contribution >= 0.6 is 0 Å². The Morgan fingerprint density at radius 2 is 0.889 bits per heavy atom. The quantitative estimate of drug-likeness (QED) is 0.148. The maximum atomic E-state index is 13.8. The van der Waals surface area contributed by atoms with Crippen molar-refractivity contribution in [1.82, 2.24) is 10.6 Å². The summed E-state index contributed by atoms with van der Waals surface area (Å²) >= 11 is 0. The van der Waals surface area contributed by atoms with E-state index in [9.17, 15) is 8.78 Å². The molecule has 54 heavy (non-hydrogen) atoms. The molecule has 0 amide bonds. The average Bonchev–Trinajstić information content (AvgIpc) is 3.24. The van der Waals surface area contributed by atoms with Crippen molar-refractivity contribution in [2.24, 2.45) is 0 Å². The molecule has 4 atom stereocenters. The lowest BCUT2D eigenvalue weighted by molar-refractivity contribution is 0.0110. The Morgan fingerprint density at radius 1 is 0.481 bits per heavy atom. The zero-order chi connectivity index (χ0) is 37.0. The van der Waals surface area contributed by atoms with Gasteiger partial charge in [-0.2, -0.15) is 0 Å². The molecule has 2 aliphatic heterocycles. The van der Waals surface area contributed by atoms with Crippen LogP contribution in [0.5, 0.6) is 0 Å². The number of halogens is 2. The van der Waals surface area contributed by atoms with Crippen LogP contribution in [0.1, 0.15) is 34.1 Å². The van der Waals surface area contributed by atoms with Gasteiger partial charge in [0.1, 0.15) is 11.6 Å². The summed E-state index contributed by atoms with van der Waals surface area (Å²) in [5.74, 6) is 0.0749. The minimum Gasteiger partial charge on any atom is -0.375 e. The van der Waals surface area contributed by atoms with E-state index < -0.39 is 0 Å². The average molecular weight is 723 g/mol. The molecule has 0 aliphatic carbocycles. The number of benzene rings is 6. The third-order valence-electron chi connectivity index (χ3n) is 10.5. The van der Waals surface area contributed by atoms with Crippen LogP contribution in [0.25, 0.3) is 22.3 Å². The minimum absolute atomic E-state index is 0.127. The van der Waals surface area contributed by atoms with Gasteiger partial charge in [-0.25, -0.2) is 8.78 Å². The Morgan fingerprint density at radius 3 is 1.28 bits per heavy atom. The topological polar surface area (TPSA) is 42.5 Å². The SMILES string of the molecule is Fc1cccc(-c2ccccc2C[C@@H](c2ccccc2)[C@@H]2CNCCO2)c1.Fc1cccc(-c2ccccc2C[C@H](c2ccccc2)[C@H]2CNCCO2)c1. The van der Waals surface area contributed by atoms with E-state index in [4.69, 9.17) is 9.47 Å². The zero-order valence-electron chi connectivity index (χ0n) is 30.5. The van der Waals surface area contributed by atoms with E-state index in [2.05, 4.69) is 95.6 Å². The molecule has 276 valence electrons. The Labute approximate surface area is 318 Å². The smallest absolute Gasteiger partial charge is 0.123 e. The molecule has 8 rings (SSSR count). The second kappa shape index (κ2) is 18.9. The summed E-state index contributed by atoms with van der Waals surface area (Å²) in [5.41, 5.74) is 8.99. The molecule has 4 nitrogen and oxygen atoms in total. The summed E-state index contributed by atoms with van der Waals surface area (Å²) < 4.78 is 39.8. The first kappa shape index (κ1) is 37.3. The maximum Gasteiger partial charge on any atom is 0.123 e. The predicted octanol–water partition coefficient (Wildman–Crippen LogP) is 9.61. The monoisotopic (exact) mass is 722 g/mol. The Balaban J connectivity index is 0.000000167. The third-order valence-corrected chi connectivity index (χ3v) is 10.5. The van der Waals surface area contributed by atoms with Crippen molar-refractivity contribution in [2.75, 3.05) is 39.4 Å². The van der Waals surface area contributed by atoms with Crippen LogP contribution < -0.4 is 10.6 Å². The molecule has 2 heterocycles. The molecule has 6 heteroatoms. The van der Waals surface area contributed by atoms with E-state index in [0.717, 1.165) is 74.5 Å². The van der Waals surface area contributed by atoms with Gasteiger partial charge in [0.15, 0.2) is 0 Å². The molecule has 0 radical (unpaired) electrons. The van der Waals surface area contributed by atoms with E-state index in [1.54, 1.807) is 24.3 Å². The number of morpholine rings is 2. The summed E-state index contributed by atoms with van der Waals surface area (Å²) in [6.07, 6.45) is 1.95. The molecule has 2 fully saturated rings. The first-order chi connectivity index (χ1) is 26.6. The van der Waals surface area contributed by atoms with E-state index in [-0.39, 0.29) is 35.7 Å². The lowest BCUT2D eigenvalue weighted by Crippen LogP contribution is -2.42. The van der Waals surface area contributed by atoms with Crippen molar-refractivity contribution in [3.05, 3.63) is 192 Å². The van der Waals surface area contributed by atoms with Crippen LogP contribution in [-0.2, 0) is 22.3 Å². The Kier molecular flexibility index (Phi) is 13.0. The Hall–Kier alpha value is -4.98. The van der Waals surface area contributed by atoms with Crippen LogP contribution in [0.15, 0.2) is 158 Å². The van der Waals surface area contributed by atoms with E-state index in [1.165, 1.54) is 34.4 Å². The second-order valence-corrected chi connectivity index (χ2v) is 14.0. The van der Waals surface area contributed by atoms with Gasteiger partial charge in [-0.15, -0.1) is 0 Å². The predicted molar refractivity (Wildman–Crippen MR) is 215 cm³/mol. The van der Waals surface area contributed by atoms with Crippen LogP contribution in [0.2, 0.25) is 0 Å². The van der Waals surface area contributed by atoms with Gasteiger partial charge >= 0.3 is 0 Å². The van der Waals surface area contributed by atoms with Crippen molar-refractivity contribution in [3.8, 4) is 22.3 Å². The number of hydrogen-bond acceptors (Lipinski definition) is 4. The van der Waals surface area contributed by atoms with Gasteiger partial charge in [-0.1, -0.05) is 133 Å². The van der Waals surface area contributed by atoms with Gasteiger partial charge in [0, 0.05) is 38.0 Å². The molecule has 0 unspecified atom stereocenters. The third kappa shape index (κ3) is 9.76. The summed E-state index contributed by atoms with van der Waals surface area (Å²) in [7, 11) is 0. The summed E-state index contributed by atoms with van der Waals surface area (Å²) in [6.45, 7) is 4.97. The van der Waals surface area contributed by atoms with Crippen molar-refractivity contribution in [1.29, 1.82) is 0 Å². The molecule has 0 aromatic heterocycles. The lowest BCUT2D eigenvalue weighted by atomic mass is 9.84. The molecule has 6 aromatic carbocycles. The van der Waals surface area contributed by atoms with E-state index in [1.807, 2.05) is 36.4 Å². The first-order valence-electron chi connectivity index (χ1n) is 19.0. The highest BCUT2D eigenvalue weighted by Gasteiger charge is 2.28. The molecule has 2 aliphatic rings. The van der Waals surface area contributed by atoms with Gasteiger partial charge < -0.3 is 20.1 Å². The molecular weight excluding hydrogens is 675 g/mol. The number of ether oxygens (including phenoxy) is 2. The normalized spacial score (nSPS) is 18.2. The molecule has 0 saturated carbocycles. The molecular formula is C48H48F2N2O2. The van der Waals surface area contributed by atoms with Crippen molar-refractivity contribution >= 4 is 0 Å². The van der Waals surface area contributed by atoms with Crippen molar-refractivity contribution < 1.29 is 18.3 Å². The van der Waals surface area contributed by atoms with Crippen LogP contribution in [0.4, 0.5) is 8.78 Å². The van der Waals surface area contributed by atoms with Gasteiger partial charge in [-0.05, 0) is 81.6 Å². The van der Waals surface area contributed by atoms with Crippen LogP contribution in [0.3, 0.4) is 0 Å². The maximum absolute atomic E-state index is 13.8. The molecule has 2 saturated heterocycles. The fraction of sp³-hybridized carbons (Fsp3) is 0.250. The lowest BCUT2D eigenvalue weighted by Gasteiger charge is -2.32. The standard InChI is InChI=1S/2C24H24FNO/c2*25-21-11-6-10-19(15-21)22-12-5-4-9-20(22)16-23(18-7-2-1-3-8-18)24-17-26-13-14-27-24/h2*1-12,15,23-24,26H,13-14,16-17H2/t2*23-,24-/m10/s1. The highest BCUT2D eigenvalue weighted by atomic mass is 19.1. The van der Waals surface area contributed by atoms with Crippen molar-refractivity contribution in [3.63, 3.8) is 0 Å². The number of nitrogens with one attached hydrogen (secondary N) is 2. The van der Waals surface area contributed by atoms with Gasteiger partial charge in [0.05, 0.1) is 25.4 Å². The first-order valence-corrected chi connectivity index (χ1v) is 19.0. The zero-order valence-corrected chi connectivity index (χ0v) is 30.5. The highest BCUT2D eigenvalue weighted by molar-refractivity contribution is 5.68. The largest absolute Gasteiger partial charge is 0.375 e. The summed E-state index contributed by atoms with van der Waals surface area (Å²) in [4.78, 5) is 0. The number of hydrogen-bond donors (Lipinski definition) is 2. The summed E-state index contributed by atoms with van der Waals surface area (Å²) in [5, 5.41) is 6.90. The van der Waals surface area contributed by atoms with Crippen LogP contribution in [0, 0.1) is 11.6 Å². The van der Waals surface area contributed by atoms with Gasteiger partial charge in [-0.3, -0.25) is 0 Å². The van der Waals surface area contributed by atoms with Gasteiger partial charge in [0.25, 0.3) is 0 Å². The fourth-order valence-corrected chi connectivity index (χ4v) is 7.76. The molecule has 2 N–H and O–H groups in total. The molecule has 0 bridgehead atoms. The van der Waals surface area contributed by atoms with Gasteiger partial charge in [0.2, 0.25) is 0 Å².